The number of hydrogen-bond acceptors (Lipinski definition) is 6. The Hall–Kier alpha value is -2.50. The molecule has 0 spiro atoms. The topological polar surface area (TPSA) is 86.7 Å². The Bertz CT molecular complexity index is 560. The molecule has 2 aliphatic heterocycles. The molecule has 6 nitrogen and oxygen atoms in total. The van der Waals surface area contributed by atoms with Crippen molar-refractivity contribution >= 4 is 23.9 Å². The molecule has 2 heterocycles. The van der Waals surface area contributed by atoms with E-state index in [4.69, 9.17) is 0 Å². The molecule has 102 valence electrons. The summed E-state index contributed by atoms with van der Waals surface area (Å²) in [5.74, 6) is -3.36. The third-order valence-corrected chi connectivity index (χ3v) is 3.48. The zero-order valence-corrected chi connectivity index (χ0v) is 10.3. The first-order valence-corrected chi connectivity index (χ1v) is 6.13. The van der Waals surface area contributed by atoms with Crippen LogP contribution in [0.25, 0.3) is 0 Å². The van der Waals surface area contributed by atoms with Crippen LogP contribution >= 0.6 is 0 Å². The molecule has 0 unspecified atom stereocenters. The summed E-state index contributed by atoms with van der Waals surface area (Å²) in [6.07, 6.45) is 0.0598. The standard InChI is InChI=1S/C14H10O6/c15-11-5-9(13(17)19-11)7-1-2-8(4-3-7)10-6-12(16)20-14(10)18/h1-4,9-10H,5-6H2/t9-,10+. The molecule has 6 heteroatoms. The Kier molecular flexibility index (Phi) is 2.85. The summed E-state index contributed by atoms with van der Waals surface area (Å²) in [5, 5.41) is 0. The van der Waals surface area contributed by atoms with Crippen LogP contribution in [0.15, 0.2) is 24.3 Å². The fourth-order valence-electron chi connectivity index (χ4n) is 2.42. The van der Waals surface area contributed by atoms with Crippen LogP contribution in [0.1, 0.15) is 35.8 Å². The number of benzene rings is 1. The molecule has 1 aromatic carbocycles. The smallest absolute Gasteiger partial charge is 0.321 e. The normalized spacial score (nSPS) is 25.8. The monoisotopic (exact) mass is 274 g/mol. The number of hydrogen-bond donors (Lipinski definition) is 0. The van der Waals surface area contributed by atoms with Crippen LogP contribution in [0.4, 0.5) is 0 Å². The minimum Gasteiger partial charge on any atom is -0.393 e. The summed E-state index contributed by atoms with van der Waals surface area (Å²) in [4.78, 5) is 45.0. The van der Waals surface area contributed by atoms with E-state index >= 15 is 0 Å². The maximum Gasteiger partial charge on any atom is 0.321 e. The Labute approximate surface area is 113 Å². The first kappa shape index (κ1) is 12.5. The van der Waals surface area contributed by atoms with Crippen LogP contribution in [0, 0.1) is 0 Å². The van der Waals surface area contributed by atoms with E-state index in [1.807, 2.05) is 0 Å². The second-order valence-electron chi connectivity index (χ2n) is 4.77. The molecule has 20 heavy (non-hydrogen) atoms. The lowest BCUT2D eigenvalue weighted by Crippen LogP contribution is -2.08. The highest BCUT2D eigenvalue weighted by molar-refractivity contribution is 5.98. The van der Waals surface area contributed by atoms with Crippen LogP contribution in [0.3, 0.4) is 0 Å². The van der Waals surface area contributed by atoms with E-state index in [0.29, 0.717) is 11.1 Å². The van der Waals surface area contributed by atoms with E-state index in [9.17, 15) is 19.2 Å². The molecule has 2 aliphatic rings. The molecular weight excluding hydrogens is 264 g/mol. The van der Waals surface area contributed by atoms with Crippen molar-refractivity contribution in [3.8, 4) is 0 Å². The predicted octanol–water partition coefficient (Wildman–Crippen LogP) is 0.801. The summed E-state index contributed by atoms with van der Waals surface area (Å²) in [5.41, 5.74) is 1.31. The van der Waals surface area contributed by atoms with Crippen molar-refractivity contribution in [2.75, 3.05) is 0 Å². The molecule has 0 saturated carbocycles. The Morgan fingerprint density at radius 2 is 1.05 bits per heavy atom. The van der Waals surface area contributed by atoms with Gasteiger partial charge in [-0.3, -0.25) is 19.2 Å². The van der Waals surface area contributed by atoms with Crippen molar-refractivity contribution < 1.29 is 28.7 Å². The fourth-order valence-corrected chi connectivity index (χ4v) is 2.42. The van der Waals surface area contributed by atoms with Gasteiger partial charge in [-0.1, -0.05) is 24.3 Å². The van der Waals surface area contributed by atoms with Crippen LogP contribution in [0.2, 0.25) is 0 Å². The molecule has 2 fully saturated rings. The number of carbonyl (C=O) groups excluding carboxylic acids is 4. The van der Waals surface area contributed by atoms with Gasteiger partial charge in [0.05, 0.1) is 24.7 Å². The quantitative estimate of drug-likeness (QED) is 0.585. The molecule has 0 amide bonds. The Morgan fingerprint density at radius 1 is 0.700 bits per heavy atom. The van der Waals surface area contributed by atoms with Gasteiger partial charge in [0.25, 0.3) is 0 Å². The minimum atomic E-state index is -0.589. The van der Waals surface area contributed by atoms with Crippen molar-refractivity contribution in [3.05, 3.63) is 35.4 Å². The van der Waals surface area contributed by atoms with Crippen molar-refractivity contribution in [2.24, 2.45) is 0 Å². The zero-order chi connectivity index (χ0) is 14.3. The summed E-state index contributed by atoms with van der Waals surface area (Å²) >= 11 is 0. The number of esters is 4. The lowest BCUT2D eigenvalue weighted by molar-refractivity contribution is -0.154. The number of ether oxygens (including phenoxy) is 2. The highest BCUT2D eigenvalue weighted by atomic mass is 16.6. The lowest BCUT2D eigenvalue weighted by Gasteiger charge is -2.08. The molecule has 0 aromatic heterocycles. The van der Waals surface area contributed by atoms with Gasteiger partial charge >= 0.3 is 23.9 Å². The highest BCUT2D eigenvalue weighted by Gasteiger charge is 2.36. The Morgan fingerprint density at radius 3 is 1.30 bits per heavy atom. The second kappa shape index (κ2) is 4.56. The number of rotatable bonds is 2. The van der Waals surface area contributed by atoms with Gasteiger partial charge < -0.3 is 9.47 Å². The summed E-state index contributed by atoms with van der Waals surface area (Å²) in [7, 11) is 0. The SMILES string of the molecule is O=C1C[C@@H](c2ccc([C@H]3CC(=O)OC3=O)cc2)C(=O)O1. The number of carbonyl (C=O) groups is 4. The van der Waals surface area contributed by atoms with Crippen LogP contribution in [-0.4, -0.2) is 23.9 Å². The van der Waals surface area contributed by atoms with E-state index in [2.05, 4.69) is 9.47 Å². The van der Waals surface area contributed by atoms with Crippen LogP contribution < -0.4 is 0 Å². The van der Waals surface area contributed by atoms with E-state index in [0.717, 1.165) is 0 Å². The minimum absolute atomic E-state index is 0.0299. The summed E-state index contributed by atoms with van der Waals surface area (Å²) < 4.78 is 8.99. The highest BCUT2D eigenvalue weighted by Crippen LogP contribution is 2.31. The maximum atomic E-state index is 11.5. The van der Waals surface area contributed by atoms with Gasteiger partial charge in [0.1, 0.15) is 0 Å². The number of cyclic esters (lactones) is 4. The van der Waals surface area contributed by atoms with Gasteiger partial charge in [-0.25, -0.2) is 0 Å². The van der Waals surface area contributed by atoms with E-state index in [-0.39, 0.29) is 12.8 Å². The molecule has 0 aliphatic carbocycles. The summed E-state index contributed by atoms with van der Waals surface area (Å²) in [6, 6.07) is 6.65. The van der Waals surface area contributed by atoms with Crippen molar-refractivity contribution in [2.45, 2.75) is 24.7 Å². The van der Waals surface area contributed by atoms with Crippen molar-refractivity contribution in [1.82, 2.24) is 0 Å². The van der Waals surface area contributed by atoms with Gasteiger partial charge in [0.2, 0.25) is 0 Å². The third-order valence-electron chi connectivity index (χ3n) is 3.48. The lowest BCUT2D eigenvalue weighted by atomic mass is 9.92. The largest absolute Gasteiger partial charge is 0.393 e. The van der Waals surface area contributed by atoms with E-state index in [1.165, 1.54) is 0 Å². The third kappa shape index (κ3) is 2.09. The van der Waals surface area contributed by atoms with Crippen LogP contribution in [0.5, 0.6) is 0 Å². The van der Waals surface area contributed by atoms with E-state index in [1.54, 1.807) is 24.3 Å². The first-order valence-electron chi connectivity index (χ1n) is 6.13. The molecule has 3 rings (SSSR count). The van der Waals surface area contributed by atoms with Crippen molar-refractivity contribution in [3.63, 3.8) is 0 Å². The first-order chi connectivity index (χ1) is 9.54. The maximum absolute atomic E-state index is 11.5. The van der Waals surface area contributed by atoms with E-state index < -0.39 is 35.7 Å². The summed E-state index contributed by atoms with van der Waals surface area (Å²) in [6.45, 7) is 0. The molecule has 2 atom stereocenters. The molecular formula is C14H10O6. The zero-order valence-electron chi connectivity index (χ0n) is 10.3. The van der Waals surface area contributed by atoms with Crippen molar-refractivity contribution in [1.29, 1.82) is 0 Å². The average Bonchev–Trinajstić information content (AvgIpc) is 2.92. The van der Waals surface area contributed by atoms with Gasteiger partial charge in [-0.2, -0.15) is 0 Å². The second-order valence-corrected chi connectivity index (χ2v) is 4.77. The molecule has 2 saturated heterocycles. The molecule has 1 aromatic rings. The van der Waals surface area contributed by atoms with Gasteiger partial charge in [0.15, 0.2) is 0 Å². The molecule has 0 N–H and O–H groups in total. The van der Waals surface area contributed by atoms with Gasteiger partial charge in [-0.05, 0) is 11.1 Å². The Balaban J connectivity index is 1.81. The predicted molar refractivity (Wildman–Crippen MR) is 63.4 cm³/mol. The molecule has 0 radical (unpaired) electrons. The van der Waals surface area contributed by atoms with Gasteiger partial charge in [-0.15, -0.1) is 0 Å². The van der Waals surface area contributed by atoms with Crippen LogP contribution in [-0.2, 0) is 28.7 Å². The van der Waals surface area contributed by atoms with Gasteiger partial charge in [0, 0.05) is 0 Å². The average molecular weight is 274 g/mol. The fraction of sp³-hybridized carbons (Fsp3) is 0.286. The molecule has 0 bridgehead atoms.